The summed E-state index contributed by atoms with van der Waals surface area (Å²) in [5.41, 5.74) is 1.41. The van der Waals surface area contributed by atoms with Gasteiger partial charge in [0.1, 0.15) is 0 Å². The Morgan fingerprint density at radius 3 is 2.25 bits per heavy atom. The number of hydrogen-bond acceptors (Lipinski definition) is 3. The molecule has 0 aliphatic heterocycles. The topological polar surface area (TPSA) is 60.2 Å². The number of nitrogens with zero attached hydrogens (tertiary/aromatic N) is 1. The van der Waals surface area contributed by atoms with Gasteiger partial charge in [-0.25, -0.2) is 0 Å². The van der Waals surface area contributed by atoms with Crippen LogP contribution >= 0.6 is 0 Å². The van der Waals surface area contributed by atoms with Crippen LogP contribution in [0, 0.1) is 17.0 Å². The van der Waals surface area contributed by atoms with Crippen LogP contribution in [0.3, 0.4) is 0 Å². The summed E-state index contributed by atoms with van der Waals surface area (Å²) in [6.45, 7) is 7.45. The van der Waals surface area contributed by atoms with Crippen LogP contribution in [0.2, 0.25) is 0 Å². The number of carbonyl (C=O) groups is 1. The van der Waals surface area contributed by atoms with E-state index in [0.717, 1.165) is 5.56 Å². The number of aldehydes is 1. The van der Waals surface area contributed by atoms with Crippen LogP contribution in [0.15, 0.2) is 12.1 Å². The molecule has 0 N–H and O–H groups in total. The minimum Gasteiger partial charge on any atom is -0.298 e. The molecule has 0 saturated heterocycles. The molecule has 0 fully saturated rings. The van der Waals surface area contributed by atoms with Crippen molar-refractivity contribution in [2.24, 2.45) is 0 Å². The second kappa shape index (κ2) is 4.04. The standard InChI is InChI=1S/C12H15NO3/c1-8-9(7-14)5-10(12(2,3)4)6-11(8)13(15)16/h5-7H,1-4H3. The van der Waals surface area contributed by atoms with Gasteiger partial charge in [-0.2, -0.15) is 0 Å². The zero-order chi connectivity index (χ0) is 12.5. The maximum absolute atomic E-state index is 10.9. The van der Waals surface area contributed by atoms with E-state index in [9.17, 15) is 14.9 Å². The quantitative estimate of drug-likeness (QED) is 0.438. The van der Waals surface area contributed by atoms with E-state index in [4.69, 9.17) is 0 Å². The molecule has 0 atom stereocenters. The Labute approximate surface area is 94.4 Å². The molecule has 0 amide bonds. The zero-order valence-corrected chi connectivity index (χ0v) is 9.90. The Morgan fingerprint density at radius 2 is 1.88 bits per heavy atom. The molecule has 0 bridgehead atoms. The lowest BCUT2D eigenvalue weighted by Gasteiger charge is -2.19. The Bertz CT molecular complexity index is 444. The molecule has 16 heavy (non-hydrogen) atoms. The highest BCUT2D eigenvalue weighted by Crippen LogP contribution is 2.30. The number of rotatable bonds is 2. The molecule has 0 aliphatic carbocycles. The third-order valence-corrected chi connectivity index (χ3v) is 2.61. The third kappa shape index (κ3) is 2.27. The molecular formula is C12H15NO3. The molecule has 86 valence electrons. The minimum atomic E-state index is -0.447. The Balaban J connectivity index is 3.52. The average Bonchev–Trinajstić information content (AvgIpc) is 2.15. The molecule has 0 unspecified atom stereocenters. The highest BCUT2D eigenvalue weighted by Gasteiger charge is 2.21. The van der Waals surface area contributed by atoms with E-state index in [-0.39, 0.29) is 11.1 Å². The summed E-state index contributed by atoms with van der Waals surface area (Å²) in [6, 6.07) is 3.26. The Kier molecular flexibility index (Phi) is 3.12. The number of hydrogen-bond donors (Lipinski definition) is 0. The second-order valence-corrected chi connectivity index (χ2v) is 4.83. The van der Waals surface area contributed by atoms with E-state index in [2.05, 4.69) is 0 Å². The van der Waals surface area contributed by atoms with Crippen LogP contribution in [0.4, 0.5) is 5.69 Å². The van der Waals surface area contributed by atoms with E-state index >= 15 is 0 Å². The lowest BCUT2D eigenvalue weighted by Crippen LogP contribution is -2.13. The van der Waals surface area contributed by atoms with Gasteiger partial charge in [0.05, 0.1) is 4.92 Å². The normalized spacial score (nSPS) is 11.2. The molecule has 0 spiro atoms. The Morgan fingerprint density at radius 1 is 1.31 bits per heavy atom. The maximum atomic E-state index is 10.9. The highest BCUT2D eigenvalue weighted by atomic mass is 16.6. The van der Waals surface area contributed by atoms with Gasteiger partial charge in [0, 0.05) is 17.2 Å². The van der Waals surface area contributed by atoms with E-state index in [1.165, 1.54) is 0 Å². The first-order valence-electron chi connectivity index (χ1n) is 5.02. The molecule has 0 radical (unpaired) electrons. The smallest absolute Gasteiger partial charge is 0.273 e. The molecule has 1 aromatic carbocycles. The first-order valence-corrected chi connectivity index (χ1v) is 5.02. The van der Waals surface area contributed by atoms with Crippen LogP contribution in [-0.4, -0.2) is 11.2 Å². The predicted octanol–water partition coefficient (Wildman–Crippen LogP) is 3.01. The first kappa shape index (κ1) is 12.4. The highest BCUT2D eigenvalue weighted by molar-refractivity contribution is 5.80. The first-order chi connectivity index (χ1) is 7.27. The number of benzene rings is 1. The Hall–Kier alpha value is -1.71. The van der Waals surface area contributed by atoms with Gasteiger partial charge in [-0.15, -0.1) is 0 Å². The van der Waals surface area contributed by atoms with Gasteiger partial charge in [-0.3, -0.25) is 14.9 Å². The van der Waals surface area contributed by atoms with Gasteiger partial charge in [-0.05, 0) is 24.0 Å². The SMILES string of the molecule is Cc1c(C=O)cc(C(C)(C)C)cc1[N+](=O)[O-]. The molecule has 4 nitrogen and oxygen atoms in total. The van der Waals surface area contributed by atoms with Crippen LogP contribution < -0.4 is 0 Å². The number of nitro benzene ring substituents is 1. The molecule has 0 aromatic heterocycles. The summed E-state index contributed by atoms with van der Waals surface area (Å²) >= 11 is 0. The minimum absolute atomic E-state index is 0.00882. The molecule has 0 heterocycles. The summed E-state index contributed by atoms with van der Waals surface area (Å²) in [5, 5.41) is 10.9. The van der Waals surface area contributed by atoms with Gasteiger partial charge in [0.15, 0.2) is 6.29 Å². The fourth-order valence-corrected chi connectivity index (χ4v) is 1.47. The second-order valence-electron chi connectivity index (χ2n) is 4.83. The molecular weight excluding hydrogens is 206 g/mol. The molecule has 0 aliphatic rings. The molecule has 4 heteroatoms. The van der Waals surface area contributed by atoms with Crippen molar-refractivity contribution >= 4 is 12.0 Å². The zero-order valence-electron chi connectivity index (χ0n) is 9.90. The molecule has 1 aromatic rings. The van der Waals surface area contributed by atoms with Crippen molar-refractivity contribution in [2.75, 3.05) is 0 Å². The van der Waals surface area contributed by atoms with Crippen LogP contribution in [0.5, 0.6) is 0 Å². The fraction of sp³-hybridized carbons (Fsp3) is 0.417. The average molecular weight is 221 g/mol. The molecule has 0 saturated carbocycles. The molecule has 1 rings (SSSR count). The van der Waals surface area contributed by atoms with Gasteiger partial charge in [-0.1, -0.05) is 20.8 Å². The van der Waals surface area contributed by atoms with Gasteiger partial charge < -0.3 is 0 Å². The summed E-state index contributed by atoms with van der Waals surface area (Å²) in [4.78, 5) is 21.3. The summed E-state index contributed by atoms with van der Waals surface area (Å²) in [5.74, 6) is 0. The van der Waals surface area contributed by atoms with E-state index < -0.39 is 4.92 Å². The maximum Gasteiger partial charge on any atom is 0.273 e. The number of nitro groups is 1. The summed E-state index contributed by atoms with van der Waals surface area (Å²) in [6.07, 6.45) is 0.664. The van der Waals surface area contributed by atoms with E-state index in [1.54, 1.807) is 19.1 Å². The van der Waals surface area contributed by atoms with Crippen molar-refractivity contribution in [3.8, 4) is 0 Å². The van der Waals surface area contributed by atoms with Crippen LogP contribution in [0.25, 0.3) is 0 Å². The van der Waals surface area contributed by atoms with Crippen LogP contribution in [-0.2, 0) is 5.41 Å². The summed E-state index contributed by atoms with van der Waals surface area (Å²) in [7, 11) is 0. The van der Waals surface area contributed by atoms with Crippen molar-refractivity contribution in [1.82, 2.24) is 0 Å². The fourth-order valence-electron chi connectivity index (χ4n) is 1.47. The van der Waals surface area contributed by atoms with E-state index in [0.29, 0.717) is 17.4 Å². The number of carbonyl (C=O) groups excluding carboxylic acids is 1. The van der Waals surface area contributed by atoms with Gasteiger partial charge >= 0.3 is 0 Å². The van der Waals surface area contributed by atoms with Crippen molar-refractivity contribution in [2.45, 2.75) is 33.1 Å². The lowest BCUT2D eigenvalue weighted by molar-refractivity contribution is -0.385. The van der Waals surface area contributed by atoms with Gasteiger partial charge in [0.25, 0.3) is 5.69 Å². The largest absolute Gasteiger partial charge is 0.298 e. The van der Waals surface area contributed by atoms with Crippen molar-refractivity contribution in [3.63, 3.8) is 0 Å². The lowest BCUT2D eigenvalue weighted by atomic mass is 9.85. The van der Waals surface area contributed by atoms with Crippen molar-refractivity contribution < 1.29 is 9.72 Å². The third-order valence-electron chi connectivity index (χ3n) is 2.61. The summed E-state index contributed by atoms with van der Waals surface area (Å²) < 4.78 is 0. The van der Waals surface area contributed by atoms with Crippen LogP contribution in [0.1, 0.15) is 42.3 Å². The predicted molar refractivity (Wildman–Crippen MR) is 61.9 cm³/mol. The van der Waals surface area contributed by atoms with E-state index in [1.807, 2.05) is 20.8 Å². The monoisotopic (exact) mass is 221 g/mol. The van der Waals surface area contributed by atoms with Crippen molar-refractivity contribution in [3.05, 3.63) is 38.9 Å². The van der Waals surface area contributed by atoms with Gasteiger partial charge in [0.2, 0.25) is 0 Å². The van der Waals surface area contributed by atoms with Crippen molar-refractivity contribution in [1.29, 1.82) is 0 Å².